The number of aryl methyl sites for hydroxylation is 1. The van der Waals surface area contributed by atoms with Crippen molar-refractivity contribution in [1.29, 1.82) is 0 Å². The van der Waals surface area contributed by atoms with Gasteiger partial charge in [0.15, 0.2) is 5.78 Å². The van der Waals surface area contributed by atoms with Gasteiger partial charge in [-0.3, -0.25) is 9.59 Å². The minimum absolute atomic E-state index is 0.0921. The van der Waals surface area contributed by atoms with Crippen molar-refractivity contribution in [3.63, 3.8) is 0 Å². The maximum absolute atomic E-state index is 12.7. The molecule has 0 atom stereocenters. The van der Waals surface area contributed by atoms with Gasteiger partial charge in [-0.25, -0.2) is 13.1 Å². The normalized spacial score (nSPS) is 11.3. The predicted octanol–water partition coefficient (Wildman–Crippen LogP) is 4.01. The van der Waals surface area contributed by atoms with Gasteiger partial charge in [-0.15, -0.1) is 11.3 Å². The molecule has 3 rings (SSSR count). The number of nitrogens with zero attached hydrogens (tertiary/aromatic N) is 1. The number of rotatable bonds is 8. The summed E-state index contributed by atoms with van der Waals surface area (Å²) in [6.07, 6.45) is 0. The zero-order valence-electron chi connectivity index (χ0n) is 17.6. The van der Waals surface area contributed by atoms with E-state index < -0.39 is 10.0 Å². The Balaban J connectivity index is 1.61. The van der Waals surface area contributed by atoms with Gasteiger partial charge in [-0.05, 0) is 60.7 Å². The highest BCUT2D eigenvalue weighted by molar-refractivity contribution is 7.89. The second-order valence-corrected chi connectivity index (χ2v) is 10.1. The first kappa shape index (κ1) is 22.9. The Morgan fingerprint density at radius 2 is 1.58 bits per heavy atom. The first-order valence-electron chi connectivity index (χ1n) is 9.65. The van der Waals surface area contributed by atoms with Gasteiger partial charge >= 0.3 is 0 Å². The van der Waals surface area contributed by atoms with E-state index in [1.54, 1.807) is 47.5 Å². The fraction of sp³-hybridized carbons (Fsp3) is 0.217. The third-order valence-electron chi connectivity index (χ3n) is 4.93. The standard InChI is InChI=1S/C23H24N2O4S2/c1-16-12-13-30-22(16)15-25(3)23(27)20-6-4-18(5-7-20)14-24-31(28,29)21-10-8-19(9-11-21)17(2)26/h4-13,24H,14-15H2,1-3H3. The van der Waals surface area contributed by atoms with Crippen molar-refractivity contribution in [2.75, 3.05) is 7.05 Å². The Hall–Kier alpha value is -2.81. The Kier molecular flexibility index (Phi) is 7.04. The second-order valence-electron chi connectivity index (χ2n) is 7.29. The van der Waals surface area contributed by atoms with E-state index in [1.165, 1.54) is 36.8 Å². The lowest BCUT2D eigenvalue weighted by atomic mass is 10.1. The summed E-state index contributed by atoms with van der Waals surface area (Å²) < 4.78 is 27.5. The van der Waals surface area contributed by atoms with Gasteiger partial charge in [0.1, 0.15) is 0 Å². The van der Waals surface area contributed by atoms with Crippen LogP contribution in [0.4, 0.5) is 0 Å². The van der Waals surface area contributed by atoms with Crippen molar-refractivity contribution in [1.82, 2.24) is 9.62 Å². The van der Waals surface area contributed by atoms with Gasteiger partial charge in [0, 0.05) is 29.6 Å². The third-order valence-corrected chi connectivity index (χ3v) is 7.36. The number of benzene rings is 2. The van der Waals surface area contributed by atoms with Crippen molar-refractivity contribution >= 4 is 33.1 Å². The number of carbonyl (C=O) groups is 2. The zero-order chi connectivity index (χ0) is 22.6. The first-order chi connectivity index (χ1) is 14.7. The summed E-state index contributed by atoms with van der Waals surface area (Å²) in [6.45, 7) is 4.09. The van der Waals surface area contributed by atoms with E-state index in [-0.39, 0.29) is 23.1 Å². The summed E-state index contributed by atoms with van der Waals surface area (Å²) in [5.74, 6) is -0.215. The molecule has 0 radical (unpaired) electrons. The van der Waals surface area contributed by atoms with Crippen LogP contribution in [0, 0.1) is 6.92 Å². The molecular formula is C23H24N2O4S2. The quantitative estimate of drug-likeness (QED) is 0.519. The minimum atomic E-state index is -3.71. The van der Waals surface area contributed by atoms with Crippen LogP contribution in [-0.2, 0) is 23.1 Å². The molecule has 0 fully saturated rings. The number of sulfonamides is 1. The average molecular weight is 457 g/mol. The van der Waals surface area contributed by atoms with Crippen molar-refractivity contribution in [3.05, 3.63) is 87.1 Å². The zero-order valence-corrected chi connectivity index (χ0v) is 19.2. The van der Waals surface area contributed by atoms with Gasteiger partial charge in [0.2, 0.25) is 10.0 Å². The van der Waals surface area contributed by atoms with Gasteiger partial charge in [-0.1, -0.05) is 24.3 Å². The molecule has 0 spiro atoms. The fourth-order valence-corrected chi connectivity index (χ4v) is 4.95. The van der Waals surface area contributed by atoms with Crippen LogP contribution in [0.15, 0.2) is 64.9 Å². The molecule has 2 aromatic carbocycles. The minimum Gasteiger partial charge on any atom is -0.337 e. The maximum atomic E-state index is 12.7. The molecule has 0 unspecified atom stereocenters. The largest absolute Gasteiger partial charge is 0.337 e. The van der Waals surface area contributed by atoms with E-state index in [0.29, 0.717) is 17.7 Å². The van der Waals surface area contributed by atoms with Gasteiger partial charge < -0.3 is 4.90 Å². The number of ketones is 1. The Bertz CT molecular complexity index is 1180. The fourth-order valence-electron chi connectivity index (χ4n) is 2.97. The van der Waals surface area contributed by atoms with E-state index in [4.69, 9.17) is 0 Å². The first-order valence-corrected chi connectivity index (χ1v) is 12.0. The van der Waals surface area contributed by atoms with Gasteiger partial charge in [0.25, 0.3) is 5.91 Å². The Morgan fingerprint density at radius 3 is 2.13 bits per heavy atom. The van der Waals surface area contributed by atoms with Crippen molar-refractivity contribution < 1.29 is 18.0 Å². The molecule has 1 aromatic heterocycles. The van der Waals surface area contributed by atoms with Crippen LogP contribution in [0.2, 0.25) is 0 Å². The molecule has 31 heavy (non-hydrogen) atoms. The van der Waals surface area contributed by atoms with Crippen LogP contribution in [0.25, 0.3) is 0 Å². The summed E-state index contributed by atoms with van der Waals surface area (Å²) in [4.78, 5) is 26.9. The number of hydrogen-bond acceptors (Lipinski definition) is 5. The van der Waals surface area contributed by atoms with Crippen LogP contribution >= 0.6 is 11.3 Å². The summed E-state index contributed by atoms with van der Waals surface area (Å²) in [7, 11) is -1.94. The molecule has 162 valence electrons. The Labute approximate surface area is 186 Å². The molecule has 1 N–H and O–H groups in total. The van der Waals surface area contributed by atoms with E-state index >= 15 is 0 Å². The number of carbonyl (C=O) groups excluding carboxylic acids is 2. The molecule has 8 heteroatoms. The highest BCUT2D eigenvalue weighted by Gasteiger charge is 2.16. The van der Waals surface area contributed by atoms with E-state index in [2.05, 4.69) is 4.72 Å². The molecule has 0 saturated heterocycles. The van der Waals surface area contributed by atoms with Crippen molar-refractivity contribution in [2.45, 2.75) is 31.8 Å². The highest BCUT2D eigenvalue weighted by atomic mass is 32.2. The number of Topliss-reactive ketones (excluding diaryl/α,β-unsaturated/α-hetero) is 1. The number of nitrogens with one attached hydrogen (secondary N) is 1. The van der Waals surface area contributed by atoms with Gasteiger partial charge in [0.05, 0.1) is 11.4 Å². The lowest BCUT2D eigenvalue weighted by Gasteiger charge is -2.17. The number of thiophene rings is 1. The smallest absolute Gasteiger partial charge is 0.253 e. The SMILES string of the molecule is CC(=O)c1ccc(S(=O)(=O)NCc2ccc(C(=O)N(C)Cc3sccc3C)cc2)cc1. The molecule has 0 bridgehead atoms. The van der Waals surface area contributed by atoms with E-state index in [9.17, 15) is 18.0 Å². The number of hydrogen-bond donors (Lipinski definition) is 1. The predicted molar refractivity (Wildman–Crippen MR) is 122 cm³/mol. The summed E-state index contributed by atoms with van der Waals surface area (Å²) in [5, 5.41) is 2.01. The molecule has 0 aliphatic rings. The molecule has 0 aliphatic carbocycles. The molecule has 6 nitrogen and oxygen atoms in total. The lowest BCUT2D eigenvalue weighted by molar-refractivity contribution is 0.0786. The topological polar surface area (TPSA) is 83.5 Å². The molecule has 0 saturated carbocycles. The molecule has 0 aliphatic heterocycles. The average Bonchev–Trinajstić information content (AvgIpc) is 3.16. The molecule has 3 aromatic rings. The Morgan fingerprint density at radius 1 is 0.968 bits per heavy atom. The molecule has 1 amide bonds. The maximum Gasteiger partial charge on any atom is 0.253 e. The second kappa shape index (κ2) is 9.55. The van der Waals surface area contributed by atoms with Crippen LogP contribution < -0.4 is 4.72 Å². The van der Waals surface area contributed by atoms with Crippen LogP contribution in [-0.4, -0.2) is 32.1 Å². The van der Waals surface area contributed by atoms with Crippen LogP contribution in [0.5, 0.6) is 0 Å². The summed E-state index contributed by atoms with van der Waals surface area (Å²) in [6, 6.07) is 14.7. The lowest BCUT2D eigenvalue weighted by Crippen LogP contribution is -2.26. The monoisotopic (exact) mass is 456 g/mol. The third kappa shape index (κ3) is 5.66. The van der Waals surface area contributed by atoms with Gasteiger partial charge in [-0.2, -0.15) is 0 Å². The number of amides is 1. The molecule has 1 heterocycles. The summed E-state index contributed by atoms with van der Waals surface area (Å²) >= 11 is 1.63. The summed E-state index contributed by atoms with van der Waals surface area (Å²) in [5.41, 5.74) is 2.90. The highest BCUT2D eigenvalue weighted by Crippen LogP contribution is 2.19. The molecular weight excluding hydrogens is 432 g/mol. The van der Waals surface area contributed by atoms with E-state index in [1.807, 2.05) is 18.4 Å². The van der Waals surface area contributed by atoms with E-state index in [0.717, 1.165) is 10.4 Å². The van der Waals surface area contributed by atoms with Crippen LogP contribution in [0.1, 0.15) is 43.6 Å². The van der Waals surface area contributed by atoms with Crippen molar-refractivity contribution in [3.8, 4) is 0 Å². The van der Waals surface area contributed by atoms with Crippen molar-refractivity contribution in [2.24, 2.45) is 0 Å². The van der Waals surface area contributed by atoms with Crippen LogP contribution in [0.3, 0.4) is 0 Å².